The molecule has 2 amide bonds. The first-order chi connectivity index (χ1) is 13.5. The summed E-state index contributed by atoms with van der Waals surface area (Å²) < 4.78 is 0. The van der Waals surface area contributed by atoms with Crippen molar-refractivity contribution < 1.29 is 9.59 Å². The highest BCUT2D eigenvalue weighted by molar-refractivity contribution is 5.96. The molecule has 3 rings (SSSR count). The van der Waals surface area contributed by atoms with Crippen LogP contribution < -0.4 is 10.6 Å². The molecule has 0 fully saturated rings. The number of H-pyrrole nitrogens is 1. The number of pyridine rings is 1. The van der Waals surface area contributed by atoms with Crippen LogP contribution in [0.5, 0.6) is 0 Å². The predicted molar refractivity (Wildman–Crippen MR) is 110 cm³/mol. The number of nitrogens with zero attached hydrogens (tertiary/aromatic N) is 1. The van der Waals surface area contributed by atoms with Crippen molar-refractivity contribution in [1.82, 2.24) is 20.6 Å². The average molecular weight is 378 g/mol. The zero-order chi connectivity index (χ0) is 19.9. The fraction of sp³-hybridized carbons (Fsp3) is 0.318. The molecule has 0 atom stereocenters. The molecule has 0 aliphatic heterocycles. The second-order valence-electron chi connectivity index (χ2n) is 7.21. The Hall–Kier alpha value is -3.15. The maximum absolute atomic E-state index is 12.4. The van der Waals surface area contributed by atoms with Gasteiger partial charge >= 0.3 is 0 Å². The first kappa shape index (κ1) is 19.6. The Morgan fingerprint density at radius 1 is 0.964 bits per heavy atom. The van der Waals surface area contributed by atoms with Crippen LogP contribution in [0.3, 0.4) is 0 Å². The van der Waals surface area contributed by atoms with Gasteiger partial charge < -0.3 is 15.6 Å². The Morgan fingerprint density at radius 2 is 1.64 bits per heavy atom. The summed E-state index contributed by atoms with van der Waals surface area (Å²) in [5.74, 6) is -0.0201. The van der Waals surface area contributed by atoms with Gasteiger partial charge in [-0.1, -0.05) is 38.1 Å². The molecular formula is C22H26N4O2. The molecule has 0 aliphatic carbocycles. The molecule has 0 bridgehead atoms. The molecule has 2 heterocycles. The minimum Gasteiger partial charge on any atom is -0.361 e. The smallest absolute Gasteiger partial charge is 0.269 e. The summed E-state index contributed by atoms with van der Waals surface area (Å²) in [6.45, 7) is 5.30. The molecule has 6 heteroatoms. The highest BCUT2D eigenvalue weighted by atomic mass is 16.2. The molecule has 6 nitrogen and oxygen atoms in total. The number of para-hydroxylation sites is 1. The minimum atomic E-state index is -0.281. The van der Waals surface area contributed by atoms with E-state index in [0.717, 1.165) is 22.9 Å². The van der Waals surface area contributed by atoms with E-state index in [1.807, 2.05) is 24.4 Å². The second kappa shape index (κ2) is 9.17. The van der Waals surface area contributed by atoms with Crippen LogP contribution in [0.2, 0.25) is 0 Å². The summed E-state index contributed by atoms with van der Waals surface area (Å²) in [5.41, 5.74) is 2.74. The molecule has 28 heavy (non-hydrogen) atoms. The van der Waals surface area contributed by atoms with Gasteiger partial charge in [0.05, 0.1) is 0 Å². The number of nitrogens with one attached hydrogen (secondary N) is 3. The van der Waals surface area contributed by atoms with Crippen LogP contribution in [0.15, 0.2) is 48.7 Å². The van der Waals surface area contributed by atoms with E-state index in [4.69, 9.17) is 0 Å². The van der Waals surface area contributed by atoms with E-state index < -0.39 is 0 Å². The monoisotopic (exact) mass is 378 g/mol. The lowest BCUT2D eigenvalue weighted by atomic mass is 10.1. The maximum atomic E-state index is 12.4. The topological polar surface area (TPSA) is 86.9 Å². The van der Waals surface area contributed by atoms with Crippen molar-refractivity contribution in [3.63, 3.8) is 0 Å². The van der Waals surface area contributed by atoms with E-state index in [2.05, 4.69) is 40.5 Å². The molecule has 0 saturated heterocycles. The van der Waals surface area contributed by atoms with Gasteiger partial charge in [-0.2, -0.15) is 0 Å². The van der Waals surface area contributed by atoms with Crippen molar-refractivity contribution in [1.29, 1.82) is 0 Å². The van der Waals surface area contributed by atoms with E-state index in [1.54, 1.807) is 18.2 Å². The molecule has 3 aromatic rings. The number of amides is 2. The van der Waals surface area contributed by atoms with Gasteiger partial charge in [-0.25, -0.2) is 4.98 Å². The molecule has 1 aromatic carbocycles. The third kappa shape index (κ3) is 4.97. The van der Waals surface area contributed by atoms with Crippen LogP contribution in [-0.4, -0.2) is 34.9 Å². The van der Waals surface area contributed by atoms with Crippen molar-refractivity contribution in [3.8, 4) is 0 Å². The van der Waals surface area contributed by atoms with Crippen molar-refractivity contribution >= 4 is 22.7 Å². The van der Waals surface area contributed by atoms with E-state index >= 15 is 0 Å². The van der Waals surface area contributed by atoms with Crippen molar-refractivity contribution in [2.75, 3.05) is 13.1 Å². The van der Waals surface area contributed by atoms with Crippen LogP contribution in [-0.2, 0) is 6.42 Å². The fourth-order valence-corrected chi connectivity index (χ4v) is 2.99. The number of carbonyl (C=O) groups is 2. The predicted octanol–water partition coefficient (Wildman–Crippen LogP) is 3.31. The van der Waals surface area contributed by atoms with Gasteiger partial charge in [0.2, 0.25) is 0 Å². The normalized spacial score (nSPS) is 11.0. The highest BCUT2D eigenvalue weighted by Crippen LogP contribution is 2.17. The average Bonchev–Trinajstić information content (AvgIpc) is 3.11. The van der Waals surface area contributed by atoms with E-state index in [1.165, 1.54) is 0 Å². The lowest BCUT2D eigenvalue weighted by molar-refractivity contribution is 0.0944. The van der Waals surface area contributed by atoms with Crippen molar-refractivity contribution in [2.45, 2.75) is 26.7 Å². The fourth-order valence-electron chi connectivity index (χ4n) is 2.99. The summed E-state index contributed by atoms with van der Waals surface area (Å²) >= 11 is 0. The lowest BCUT2D eigenvalue weighted by Gasteiger charge is -2.08. The van der Waals surface area contributed by atoms with Crippen LogP contribution in [0.4, 0.5) is 0 Å². The molecule has 0 radical (unpaired) electrons. The Morgan fingerprint density at radius 3 is 2.36 bits per heavy atom. The van der Waals surface area contributed by atoms with Crippen molar-refractivity contribution in [3.05, 3.63) is 65.6 Å². The maximum Gasteiger partial charge on any atom is 0.269 e. The zero-order valence-corrected chi connectivity index (χ0v) is 16.3. The largest absolute Gasteiger partial charge is 0.361 e. The van der Waals surface area contributed by atoms with Crippen LogP contribution in [0.1, 0.15) is 46.8 Å². The van der Waals surface area contributed by atoms with Gasteiger partial charge in [-0.3, -0.25) is 9.59 Å². The molecule has 2 aromatic heterocycles. The number of hydrogen-bond donors (Lipinski definition) is 3. The van der Waals surface area contributed by atoms with Crippen LogP contribution >= 0.6 is 0 Å². The van der Waals surface area contributed by atoms with E-state index in [0.29, 0.717) is 25.4 Å². The molecule has 0 unspecified atom stereocenters. The Kier molecular flexibility index (Phi) is 6.42. The molecular weight excluding hydrogens is 352 g/mol. The van der Waals surface area contributed by atoms with Gasteiger partial charge in [-0.05, 0) is 42.5 Å². The highest BCUT2D eigenvalue weighted by Gasteiger charge is 2.12. The van der Waals surface area contributed by atoms with Crippen molar-refractivity contribution in [2.24, 2.45) is 5.92 Å². The van der Waals surface area contributed by atoms with Crippen LogP contribution in [0, 0.1) is 5.92 Å². The molecule has 0 saturated carbocycles. The van der Waals surface area contributed by atoms with Gasteiger partial charge in [-0.15, -0.1) is 0 Å². The number of fused-ring (bicyclic) bond motifs is 1. The quantitative estimate of drug-likeness (QED) is 0.562. The standard InChI is InChI=1S/C22H26N4O2/c1-15(2)10-12-23-21(27)19-8-5-9-20(26-19)22(28)24-13-11-16-14-25-18-7-4-3-6-17(16)18/h3-9,14-15,25H,10-13H2,1-2H3,(H,23,27)(H,24,28). The Balaban J connectivity index is 1.55. The Labute approximate surface area is 164 Å². The number of benzene rings is 1. The Bertz CT molecular complexity index is 962. The summed E-state index contributed by atoms with van der Waals surface area (Å²) in [5, 5.41) is 6.88. The molecule has 146 valence electrons. The number of rotatable bonds is 8. The van der Waals surface area contributed by atoms with E-state index in [-0.39, 0.29) is 23.2 Å². The first-order valence-corrected chi connectivity index (χ1v) is 9.63. The summed E-state index contributed by atoms with van der Waals surface area (Å²) in [7, 11) is 0. The summed E-state index contributed by atoms with van der Waals surface area (Å²) in [6.07, 6.45) is 3.59. The van der Waals surface area contributed by atoms with E-state index in [9.17, 15) is 9.59 Å². The molecule has 0 spiro atoms. The lowest BCUT2D eigenvalue weighted by Crippen LogP contribution is -2.29. The number of carbonyl (C=O) groups excluding carboxylic acids is 2. The van der Waals surface area contributed by atoms with Gasteiger partial charge in [0, 0.05) is 30.2 Å². The number of aromatic nitrogens is 2. The molecule has 0 aliphatic rings. The first-order valence-electron chi connectivity index (χ1n) is 9.63. The van der Waals surface area contributed by atoms with Gasteiger partial charge in [0.25, 0.3) is 11.8 Å². The third-order valence-electron chi connectivity index (χ3n) is 4.58. The third-order valence-corrected chi connectivity index (χ3v) is 4.58. The summed E-state index contributed by atoms with van der Waals surface area (Å²) in [6, 6.07) is 13.0. The second-order valence-corrected chi connectivity index (χ2v) is 7.21. The SMILES string of the molecule is CC(C)CCNC(=O)c1cccc(C(=O)NCCc2c[nH]c3ccccc23)n1. The minimum absolute atomic E-state index is 0.246. The van der Waals surface area contributed by atoms with Crippen LogP contribution in [0.25, 0.3) is 10.9 Å². The molecule has 3 N–H and O–H groups in total. The van der Waals surface area contributed by atoms with Gasteiger partial charge in [0.1, 0.15) is 11.4 Å². The number of aromatic amines is 1. The number of hydrogen-bond acceptors (Lipinski definition) is 3. The zero-order valence-electron chi connectivity index (χ0n) is 16.3. The summed E-state index contributed by atoms with van der Waals surface area (Å²) in [4.78, 5) is 32.0. The van der Waals surface area contributed by atoms with Gasteiger partial charge in [0.15, 0.2) is 0 Å².